The molecule has 2 N–H and O–H groups in total. The van der Waals surface area contributed by atoms with Crippen LogP contribution in [0.3, 0.4) is 0 Å². The molecule has 6 nitrogen and oxygen atoms in total. The molecule has 2 aliphatic carbocycles. The summed E-state index contributed by atoms with van der Waals surface area (Å²) in [7, 11) is -1.49. The highest BCUT2D eigenvalue weighted by atomic mass is 127. The van der Waals surface area contributed by atoms with Crippen molar-refractivity contribution in [1.29, 1.82) is 0 Å². The molecule has 2 saturated carbocycles. The summed E-state index contributed by atoms with van der Waals surface area (Å²) in [4.78, 5) is 6.80. The lowest BCUT2D eigenvalue weighted by atomic mass is 10.1. The van der Waals surface area contributed by atoms with Gasteiger partial charge in [-0.2, -0.15) is 0 Å². The van der Waals surface area contributed by atoms with Gasteiger partial charge in [0.05, 0.1) is 5.75 Å². The molecule has 0 aromatic heterocycles. The topological polar surface area (TPSA) is 73.8 Å². The Labute approximate surface area is 190 Å². The zero-order valence-corrected chi connectivity index (χ0v) is 20.3. The number of hydrogen-bond donors (Lipinski definition) is 2. The van der Waals surface area contributed by atoms with Crippen LogP contribution in [0, 0.1) is 11.7 Å². The van der Waals surface area contributed by atoms with E-state index in [1.807, 2.05) is 0 Å². The number of nitrogens with one attached hydrogen (secondary N) is 2. The fourth-order valence-electron chi connectivity index (χ4n) is 3.39. The molecular weight excluding hydrogens is 506 g/mol. The maximum absolute atomic E-state index is 13.6. The SMILES string of the molecule is CN=C(NCCN(CC1CC1)C1CC1)NCc1cc(F)ccc1CS(C)(=O)=O.I. The second kappa shape index (κ2) is 10.9. The van der Waals surface area contributed by atoms with Gasteiger partial charge < -0.3 is 10.6 Å². The number of aliphatic imine (C=N–C) groups is 1. The molecule has 0 aliphatic heterocycles. The zero-order chi connectivity index (χ0) is 20.1. The summed E-state index contributed by atoms with van der Waals surface area (Å²) >= 11 is 0. The van der Waals surface area contributed by atoms with E-state index in [0.717, 1.165) is 25.0 Å². The Bertz CT molecular complexity index is 811. The first kappa shape index (κ1) is 24.3. The quantitative estimate of drug-likeness (QED) is 0.272. The first-order valence-electron chi connectivity index (χ1n) is 9.97. The summed E-state index contributed by atoms with van der Waals surface area (Å²) in [5.41, 5.74) is 1.23. The van der Waals surface area contributed by atoms with Gasteiger partial charge in [-0.1, -0.05) is 6.07 Å². The van der Waals surface area contributed by atoms with Gasteiger partial charge in [0.15, 0.2) is 15.8 Å². The molecule has 2 fully saturated rings. The van der Waals surface area contributed by atoms with Gasteiger partial charge in [0.1, 0.15) is 5.82 Å². The van der Waals surface area contributed by atoms with Crippen LogP contribution in [0.1, 0.15) is 36.8 Å². The molecule has 0 saturated heterocycles. The first-order chi connectivity index (χ1) is 13.3. The van der Waals surface area contributed by atoms with E-state index >= 15 is 0 Å². The lowest BCUT2D eigenvalue weighted by molar-refractivity contribution is 0.256. The molecule has 1 aromatic rings. The van der Waals surface area contributed by atoms with Gasteiger partial charge in [-0.15, -0.1) is 24.0 Å². The number of guanidine groups is 1. The smallest absolute Gasteiger partial charge is 0.191 e. The highest BCUT2D eigenvalue weighted by Crippen LogP contribution is 2.34. The van der Waals surface area contributed by atoms with Gasteiger partial charge in [0, 0.05) is 45.5 Å². The molecule has 0 unspecified atom stereocenters. The summed E-state index contributed by atoms with van der Waals surface area (Å²) in [5, 5.41) is 6.48. The molecule has 3 rings (SSSR count). The van der Waals surface area contributed by atoms with Gasteiger partial charge in [-0.3, -0.25) is 9.89 Å². The highest BCUT2D eigenvalue weighted by molar-refractivity contribution is 14.0. The van der Waals surface area contributed by atoms with Crippen LogP contribution in [0.4, 0.5) is 4.39 Å². The van der Waals surface area contributed by atoms with Crippen LogP contribution in [0.15, 0.2) is 23.2 Å². The summed E-state index contributed by atoms with van der Waals surface area (Å²) < 4.78 is 36.9. The zero-order valence-electron chi connectivity index (χ0n) is 17.2. The normalized spacial score (nSPS) is 17.2. The second-order valence-corrected chi connectivity index (χ2v) is 10.1. The fraction of sp³-hybridized carbons (Fsp3) is 0.650. The molecule has 9 heteroatoms. The van der Waals surface area contributed by atoms with Gasteiger partial charge in [0.2, 0.25) is 0 Å². The van der Waals surface area contributed by atoms with Crippen LogP contribution >= 0.6 is 24.0 Å². The van der Waals surface area contributed by atoms with Gasteiger partial charge in [-0.25, -0.2) is 12.8 Å². The van der Waals surface area contributed by atoms with E-state index < -0.39 is 9.84 Å². The molecule has 0 heterocycles. The number of sulfone groups is 1. The molecule has 29 heavy (non-hydrogen) atoms. The lowest BCUT2D eigenvalue weighted by Gasteiger charge is -2.22. The number of rotatable bonds is 10. The number of benzene rings is 1. The standard InChI is InChI=1S/C20H31FN4O2S.HI/c1-22-20(23-9-10-25(19-7-8-19)13-15-3-4-15)24-12-17-11-18(21)6-5-16(17)14-28(2,26)27;/h5-6,11,15,19H,3-4,7-10,12-14H2,1-2H3,(H2,22,23,24);1H. The Balaban J connectivity index is 0.00000300. The minimum atomic E-state index is -3.19. The number of nitrogens with zero attached hydrogens (tertiary/aromatic N) is 2. The average Bonchev–Trinajstić information content (AvgIpc) is 3.51. The Morgan fingerprint density at radius 3 is 2.52 bits per heavy atom. The fourth-order valence-corrected chi connectivity index (χ4v) is 4.24. The molecule has 164 valence electrons. The van der Waals surface area contributed by atoms with Gasteiger partial charge in [-0.05, 0) is 54.9 Å². The van der Waals surface area contributed by atoms with Crippen molar-refractivity contribution in [1.82, 2.24) is 15.5 Å². The molecule has 0 radical (unpaired) electrons. The molecule has 1 aromatic carbocycles. The molecule has 0 spiro atoms. The Morgan fingerprint density at radius 1 is 1.21 bits per heavy atom. The van der Waals surface area contributed by atoms with Crippen molar-refractivity contribution in [2.75, 3.05) is 32.9 Å². The molecule has 2 aliphatic rings. The summed E-state index contributed by atoms with van der Waals surface area (Å²) in [6.45, 7) is 3.30. The second-order valence-electron chi connectivity index (χ2n) is 8.01. The molecule has 0 amide bonds. The first-order valence-corrected chi connectivity index (χ1v) is 12.0. The van der Waals surface area contributed by atoms with Crippen LogP contribution in [-0.4, -0.2) is 58.3 Å². The van der Waals surface area contributed by atoms with Crippen molar-refractivity contribution >= 4 is 39.8 Å². The van der Waals surface area contributed by atoms with Crippen molar-refractivity contribution in [3.63, 3.8) is 0 Å². The van der Waals surface area contributed by atoms with E-state index in [9.17, 15) is 12.8 Å². The number of halogens is 2. The third-order valence-electron chi connectivity index (χ3n) is 5.20. The summed E-state index contributed by atoms with van der Waals surface area (Å²) in [5.74, 6) is 1.04. The van der Waals surface area contributed by atoms with Gasteiger partial charge >= 0.3 is 0 Å². The minimum absolute atomic E-state index is 0. The average molecular weight is 538 g/mol. The summed E-state index contributed by atoms with van der Waals surface area (Å²) in [6.07, 6.45) is 6.53. The van der Waals surface area contributed by atoms with Crippen molar-refractivity contribution in [3.8, 4) is 0 Å². The van der Waals surface area contributed by atoms with Crippen molar-refractivity contribution < 1.29 is 12.8 Å². The highest BCUT2D eigenvalue weighted by Gasteiger charge is 2.33. The van der Waals surface area contributed by atoms with Gasteiger partial charge in [0.25, 0.3) is 0 Å². The Morgan fingerprint density at radius 2 is 1.93 bits per heavy atom. The van der Waals surface area contributed by atoms with E-state index in [1.165, 1.54) is 56.7 Å². The Hall–Kier alpha value is -0.940. The maximum atomic E-state index is 13.6. The Kier molecular flexibility index (Phi) is 9.15. The van der Waals surface area contributed by atoms with E-state index in [0.29, 0.717) is 23.6 Å². The maximum Gasteiger partial charge on any atom is 0.191 e. The minimum Gasteiger partial charge on any atom is -0.355 e. The van der Waals surface area contributed by atoms with Crippen LogP contribution in [0.25, 0.3) is 0 Å². The van der Waals surface area contributed by atoms with E-state index in [4.69, 9.17) is 0 Å². The van der Waals surface area contributed by atoms with Crippen molar-refractivity contribution in [3.05, 3.63) is 35.1 Å². The predicted octanol–water partition coefficient (Wildman–Crippen LogP) is 2.53. The lowest BCUT2D eigenvalue weighted by Crippen LogP contribution is -2.42. The van der Waals surface area contributed by atoms with E-state index in [-0.39, 0.29) is 35.5 Å². The van der Waals surface area contributed by atoms with Crippen molar-refractivity contribution in [2.24, 2.45) is 10.9 Å². The largest absolute Gasteiger partial charge is 0.355 e. The van der Waals surface area contributed by atoms with Crippen LogP contribution in [0.2, 0.25) is 0 Å². The third-order valence-corrected chi connectivity index (χ3v) is 6.04. The van der Waals surface area contributed by atoms with Crippen molar-refractivity contribution in [2.45, 2.75) is 44.0 Å². The van der Waals surface area contributed by atoms with E-state index in [1.54, 1.807) is 7.05 Å². The van der Waals surface area contributed by atoms with Crippen LogP contribution < -0.4 is 10.6 Å². The van der Waals surface area contributed by atoms with Crippen LogP contribution in [-0.2, 0) is 22.1 Å². The summed E-state index contributed by atoms with van der Waals surface area (Å²) in [6, 6.07) is 4.96. The van der Waals surface area contributed by atoms with E-state index in [2.05, 4.69) is 20.5 Å². The molecule has 0 bridgehead atoms. The monoisotopic (exact) mass is 538 g/mol. The predicted molar refractivity (Wildman–Crippen MR) is 126 cm³/mol. The molecular formula is C20H32FIN4O2S. The molecule has 0 atom stereocenters. The number of hydrogen-bond acceptors (Lipinski definition) is 4. The third kappa shape index (κ3) is 8.75. The van der Waals surface area contributed by atoms with Crippen LogP contribution in [0.5, 0.6) is 0 Å².